The molecule has 4 unspecified atom stereocenters. The SMILES string of the molecule is C1CCC2NC(COCC3=NC4CCCCC4N3)=NC2C1.[Br][Ni][Br]. The van der Waals surface area contributed by atoms with E-state index in [-0.39, 0.29) is 0 Å². The Morgan fingerprint density at radius 3 is 1.67 bits per heavy atom. The summed E-state index contributed by atoms with van der Waals surface area (Å²) in [7, 11) is 1.25. The van der Waals surface area contributed by atoms with Crippen molar-refractivity contribution in [3.05, 3.63) is 0 Å². The van der Waals surface area contributed by atoms with Gasteiger partial charge in [-0.3, -0.25) is 9.98 Å². The molecule has 0 bridgehead atoms. The van der Waals surface area contributed by atoms with Crippen LogP contribution in [0.15, 0.2) is 9.98 Å². The predicted molar refractivity (Wildman–Crippen MR) is 102 cm³/mol. The average Bonchev–Trinajstić information content (AvgIpc) is 3.18. The Kier molecular flexibility index (Phi) is 7.88. The van der Waals surface area contributed by atoms with Crippen LogP contribution in [0.4, 0.5) is 0 Å². The Bertz CT molecular complexity index is 437. The number of amidine groups is 2. The van der Waals surface area contributed by atoms with Crippen LogP contribution >= 0.6 is 28.5 Å². The number of hydrogen-bond donors (Lipinski definition) is 2. The molecule has 2 N–H and O–H groups in total. The number of fused-ring (bicyclic) bond motifs is 2. The maximum atomic E-state index is 5.83. The molecule has 140 valence electrons. The molecule has 0 spiro atoms. The van der Waals surface area contributed by atoms with Gasteiger partial charge < -0.3 is 15.4 Å². The number of hydrogen-bond acceptors (Lipinski definition) is 5. The van der Waals surface area contributed by atoms with E-state index in [9.17, 15) is 0 Å². The first-order valence-corrected chi connectivity index (χ1v) is 13.7. The van der Waals surface area contributed by atoms with Crippen molar-refractivity contribution in [3.63, 3.8) is 0 Å². The second kappa shape index (κ2) is 9.89. The zero-order valence-corrected chi connectivity index (χ0v) is 17.9. The predicted octanol–water partition coefficient (Wildman–Crippen LogP) is 3.32. The maximum absolute atomic E-state index is 5.83. The molecule has 24 heavy (non-hydrogen) atoms. The Hall–Kier alpha value is 0.354. The van der Waals surface area contributed by atoms with E-state index in [1.165, 1.54) is 62.3 Å². The van der Waals surface area contributed by atoms with E-state index in [1.807, 2.05) is 0 Å². The van der Waals surface area contributed by atoms with Crippen molar-refractivity contribution < 1.29 is 15.6 Å². The summed E-state index contributed by atoms with van der Waals surface area (Å²) in [4.78, 5) is 9.53. The standard InChI is InChI=1S/C16H26N4O.2BrH.Ni/c1-2-6-12-11(5-1)17-15(18-12)9-21-10-16-19-13-7-3-4-8-14(13)20-16;;;/h11-14H,1-10H2,(H,17,18)(H,19,20);2*1H;/q;;;+2/p-2. The van der Waals surface area contributed by atoms with E-state index in [4.69, 9.17) is 14.7 Å². The molecule has 2 aliphatic carbocycles. The van der Waals surface area contributed by atoms with Crippen LogP contribution in [-0.4, -0.2) is 49.1 Å². The van der Waals surface area contributed by atoms with Crippen LogP contribution < -0.4 is 10.6 Å². The second-order valence-electron chi connectivity index (χ2n) is 6.89. The number of ether oxygens (including phenoxy) is 1. The fourth-order valence-electron chi connectivity index (χ4n) is 4.17. The van der Waals surface area contributed by atoms with Crippen molar-refractivity contribution in [2.75, 3.05) is 13.2 Å². The number of rotatable bonds is 4. The summed E-state index contributed by atoms with van der Waals surface area (Å²) in [5.74, 6) is 2.09. The van der Waals surface area contributed by atoms with Gasteiger partial charge in [0.1, 0.15) is 24.9 Å². The van der Waals surface area contributed by atoms with Crippen molar-refractivity contribution in [3.8, 4) is 0 Å². The first-order chi connectivity index (χ1) is 11.8. The van der Waals surface area contributed by atoms with Crippen molar-refractivity contribution in [1.29, 1.82) is 0 Å². The van der Waals surface area contributed by atoms with Crippen LogP contribution in [0.5, 0.6) is 0 Å². The quantitative estimate of drug-likeness (QED) is 0.573. The van der Waals surface area contributed by atoms with E-state index in [0.29, 0.717) is 37.4 Å². The average molecular weight is 509 g/mol. The van der Waals surface area contributed by atoms with Gasteiger partial charge in [-0.2, -0.15) is 0 Å². The van der Waals surface area contributed by atoms with Crippen molar-refractivity contribution in [2.24, 2.45) is 9.98 Å². The van der Waals surface area contributed by atoms with Gasteiger partial charge in [-0.1, -0.05) is 25.7 Å². The third-order valence-corrected chi connectivity index (χ3v) is 5.28. The second-order valence-corrected chi connectivity index (χ2v) is 11.9. The third kappa shape index (κ3) is 5.18. The van der Waals surface area contributed by atoms with Crippen molar-refractivity contribution >= 4 is 40.1 Å². The fourth-order valence-corrected chi connectivity index (χ4v) is 4.17. The number of halogens is 2. The molecule has 2 heterocycles. The van der Waals surface area contributed by atoms with Gasteiger partial charge in [-0.25, -0.2) is 0 Å². The molecule has 0 aromatic heterocycles. The van der Waals surface area contributed by atoms with Gasteiger partial charge in [-0.15, -0.1) is 0 Å². The van der Waals surface area contributed by atoms with Crippen LogP contribution in [0.3, 0.4) is 0 Å². The summed E-state index contributed by atoms with van der Waals surface area (Å²) in [5.41, 5.74) is 0. The minimum absolute atomic E-state index is 0.502. The summed E-state index contributed by atoms with van der Waals surface area (Å²) in [6, 6.07) is 2.15. The Balaban J connectivity index is 0.000000526. The van der Waals surface area contributed by atoms with Crippen molar-refractivity contribution in [2.45, 2.75) is 75.5 Å². The summed E-state index contributed by atoms with van der Waals surface area (Å²) < 4.78 is 5.83. The Labute approximate surface area is 164 Å². The van der Waals surface area contributed by atoms with Crippen LogP contribution in [-0.2, 0) is 15.6 Å². The van der Waals surface area contributed by atoms with Gasteiger partial charge in [0, 0.05) is 12.1 Å². The zero-order valence-electron chi connectivity index (χ0n) is 13.8. The van der Waals surface area contributed by atoms with Crippen LogP contribution in [0, 0.1) is 0 Å². The monoisotopic (exact) mass is 506 g/mol. The first-order valence-electron chi connectivity index (χ1n) is 8.86. The molecule has 5 nitrogen and oxygen atoms in total. The van der Waals surface area contributed by atoms with Gasteiger partial charge in [0.2, 0.25) is 0 Å². The molecular weight excluding hydrogens is 483 g/mol. The van der Waals surface area contributed by atoms with E-state index >= 15 is 0 Å². The van der Waals surface area contributed by atoms with Gasteiger partial charge in [-0.05, 0) is 25.7 Å². The fraction of sp³-hybridized carbons (Fsp3) is 0.875. The molecule has 0 aromatic carbocycles. The summed E-state index contributed by atoms with van der Waals surface area (Å²) in [6.07, 6.45) is 10.3. The van der Waals surface area contributed by atoms with Gasteiger partial charge >= 0.3 is 39.3 Å². The number of nitrogens with one attached hydrogen (secondary N) is 2. The van der Waals surface area contributed by atoms with Crippen LogP contribution in [0.1, 0.15) is 51.4 Å². The molecular formula is C16H26Br2N4NiO. The number of nitrogens with zero attached hydrogens (tertiary/aromatic N) is 2. The molecule has 0 aromatic rings. The molecule has 0 saturated heterocycles. The van der Waals surface area contributed by atoms with Gasteiger partial charge in [0.25, 0.3) is 0 Å². The minimum atomic E-state index is 0.502. The summed E-state index contributed by atoms with van der Waals surface area (Å²) in [5, 5.41) is 7.07. The van der Waals surface area contributed by atoms with E-state index in [2.05, 4.69) is 39.1 Å². The topological polar surface area (TPSA) is 58.0 Å². The van der Waals surface area contributed by atoms with Gasteiger partial charge in [0.15, 0.2) is 0 Å². The third-order valence-electron chi connectivity index (χ3n) is 5.28. The molecule has 8 heteroatoms. The van der Waals surface area contributed by atoms with E-state index in [0.717, 1.165) is 11.7 Å². The number of aliphatic imine (C=N–C) groups is 2. The molecule has 2 saturated carbocycles. The van der Waals surface area contributed by atoms with E-state index in [1.54, 1.807) is 0 Å². The van der Waals surface area contributed by atoms with Crippen LogP contribution in [0.2, 0.25) is 0 Å². The molecule has 0 amide bonds. The Morgan fingerprint density at radius 1 is 0.833 bits per heavy atom. The molecule has 0 radical (unpaired) electrons. The molecule has 4 rings (SSSR count). The summed E-state index contributed by atoms with van der Waals surface area (Å²) in [6.45, 7) is 1.20. The van der Waals surface area contributed by atoms with Crippen LogP contribution in [0.25, 0.3) is 0 Å². The molecule has 4 atom stereocenters. The molecule has 4 aliphatic rings. The molecule has 2 fully saturated rings. The Morgan fingerprint density at radius 2 is 1.25 bits per heavy atom. The zero-order chi connectivity index (χ0) is 16.8. The van der Waals surface area contributed by atoms with Gasteiger partial charge in [0.05, 0.1) is 12.1 Å². The molecule has 2 aliphatic heterocycles. The van der Waals surface area contributed by atoms with E-state index < -0.39 is 0 Å². The first kappa shape index (κ1) is 19.1. The normalized spacial score (nSPS) is 34.1. The summed E-state index contributed by atoms with van der Waals surface area (Å²) >= 11 is 6.00. The van der Waals surface area contributed by atoms with Crippen molar-refractivity contribution in [1.82, 2.24) is 10.6 Å².